The second kappa shape index (κ2) is 6.48. The predicted octanol–water partition coefficient (Wildman–Crippen LogP) is 4.25. The maximum absolute atomic E-state index is 12.3. The second-order valence-corrected chi connectivity index (χ2v) is 5.32. The highest BCUT2D eigenvalue weighted by Gasteiger charge is 2.32. The van der Waals surface area contributed by atoms with Crippen LogP contribution >= 0.6 is 0 Å². The van der Waals surface area contributed by atoms with Gasteiger partial charge in [0.1, 0.15) is 5.75 Å². The van der Waals surface area contributed by atoms with E-state index in [1.165, 1.54) is 18.9 Å². The van der Waals surface area contributed by atoms with Crippen molar-refractivity contribution in [2.24, 2.45) is 5.92 Å². The Morgan fingerprint density at radius 1 is 1.30 bits per heavy atom. The summed E-state index contributed by atoms with van der Waals surface area (Å²) in [5.74, 6) is 0.683. The third-order valence-electron chi connectivity index (χ3n) is 3.59. The van der Waals surface area contributed by atoms with Gasteiger partial charge in [-0.1, -0.05) is 38.0 Å². The maximum atomic E-state index is 12.3. The molecule has 1 atom stereocenters. The van der Waals surface area contributed by atoms with Gasteiger partial charge in [-0.05, 0) is 24.8 Å². The van der Waals surface area contributed by atoms with Gasteiger partial charge in [-0.15, -0.1) is 13.2 Å². The minimum Gasteiger partial charge on any atom is -0.405 e. The number of para-hydroxylation sites is 1. The molecule has 1 saturated carbocycles. The molecule has 0 saturated heterocycles. The van der Waals surface area contributed by atoms with Crippen LogP contribution in [-0.2, 0) is 6.54 Å². The van der Waals surface area contributed by atoms with Crippen molar-refractivity contribution in [3.8, 4) is 5.75 Å². The van der Waals surface area contributed by atoms with E-state index in [0.29, 0.717) is 18.2 Å². The first kappa shape index (κ1) is 15.2. The quantitative estimate of drug-likeness (QED) is 0.809. The lowest BCUT2D eigenvalue weighted by atomic mass is 10.1. The van der Waals surface area contributed by atoms with Crippen LogP contribution in [0.3, 0.4) is 0 Å². The molecule has 1 N–H and O–H groups in total. The molecule has 112 valence electrons. The minimum absolute atomic E-state index is 0.117. The van der Waals surface area contributed by atoms with E-state index in [0.717, 1.165) is 18.8 Å². The van der Waals surface area contributed by atoms with Gasteiger partial charge < -0.3 is 10.1 Å². The number of benzene rings is 1. The Morgan fingerprint density at radius 2 is 2.00 bits per heavy atom. The molecule has 1 aromatic rings. The van der Waals surface area contributed by atoms with Crippen LogP contribution in [0.1, 0.15) is 38.2 Å². The van der Waals surface area contributed by atoms with Gasteiger partial charge in [0, 0.05) is 18.2 Å². The van der Waals surface area contributed by atoms with E-state index >= 15 is 0 Å². The van der Waals surface area contributed by atoms with Crippen molar-refractivity contribution in [3.05, 3.63) is 29.8 Å². The van der Waals surface area contributed by atoms with Crippen LogP contribution in [0.2, 0.25) is 0 Å². The van der Waals surface area contributed by atoms with Crippen molar-refractivity contribution in [1.82, 2.24) is 5.32 Å². The molecule has 0 amide bonds. The molecular weight excluding hydrogens is 267 g/mol. The lowest BCUT2D eigenvalue weighted by Gasteiger charge is -2.18. The fourth-order valence-corrected chi connectivity index (χ4v) is 2.28. The van der Waals surface area contributed by atoms with Crippen molar-refractivity contribution in [1.29, 1.82) is 0 Å². The van der Waals surface area contributed by atoms with Crippen molar-refractivity contribution >= 4 is 0 Å². The van der Waals surface area contributed by atoms with Gasteiger partial charge in [-0.25, -0.2) is 0 Å². The number of alkyl halides is 3. The largest absolute Gasteiger partial charge is 0.573 e. The fourth-order valence-electron chi connectivity index (χ4n) is 2.28. The van der Waals surface area contributed by atoms with Crippen molar-refractivity contribution in [2.45, 2.75) is 51.6 Å². The topological polar surface area (TPSA) is 21.3 Å². The standard InChI is InChI=1S/C15H20F3NO/c1-2-13(9-11-7-8-11)19-10-12-5-3-4-6-14(12)20-15(16,17)18/h3-6,11,13,19H,2,7-10H2,1H3. The summed E-state index contributed by atoms with van der Waals surface area (Å²) in [5, 5.41) is 3.34. The van der Waals surface area contributed by atoms with Crippen molar-refractivity contribution in [2.75, 3.05) is 0 Å². The summed E-state index contributed by atoms with van der Waals surface area (Å²) in [6.45, 7) is 2.50. The maximum Gasteiger partial charge on any atom is 0.573 e. The minimum atomic E-state index is -4.64. The average Bonchev–Trinajstić information content (AvgIpc) is 3.18. The Morgan fingerprint density at radius 3 is 2.60 bits per heavy atom. The SMILES string of the molecule is CCC(CC1CC1)NCc1ccccc1OC(F)(F)F. The van der Waals surface area contributed by atoms with Crippen LogP contribution in [0.15, 0.2) is 24.3 Å². The van der Waals surface area contributed by atoms with Gasteiger partial charge in [0.2, 0.25) is 0 Å². The highest BCUT2D eigenvalue weighted by molar-refractivity contribution is 5.33. The molecule has 20 heavy (non-hydrogen) atoms. The normalized spacial score (nSPS) is 17.0. The van der Waals surface area contributed by atoms with Gasteiger partial charge in [0.05, 0.1) is 0 Å². The Balaban J connectivity index is 1.93. The van der Waals surface area contributed by atoms with Gasteiger partial charge in [-0.3, -0.25) is 0 Å². The number of rotatable bonds is 7. The molecule has 2 nitrogen and oxygen atoms in total. The predicted molar refractivity (Wildman–Crippen MR) is 71.4 cm³/mol. The highest BCUT2D eigenvalue weighted by atomic mass is 19.4. The van der Waals surface area contributed by atoms with E-state index in [1.54, 1.807) is 18.2 Å². The zero-order valence-electron chi connectivity index (χ0n) is 11.5. The van der Waals surface area contributed by atoms with E-state index < -0.39 is 6.36 Å². The van der Waals surface area contributed by atoms with E-state index in [-0.39, 0.29) is 5.75 Å². The first-order valence-corrected chi connectivity index (χ1v) is 7.05. The van der Waals surface area contributed by atoms with E-state index in [1.807, 2.05) is 0 Å². The van der Waals surface area contributed by atoms with Crippen molar-refractivity contribution < 1.29 is 17.9 Å². The van der Waals surface area contributed by atoms with Crippen LogP contribution in [0, 0.1) is 5.92 Å². The van der Waals surface area contributed by atoms with Gasteiger partial charge in [0.15, 0.2) is 0 Å². The number of hydrogen-bond acceptors (Lipinski definition) is 2. The molecule has 0 heterocycles. The van der Waals surface area contributed by atoms with E-state index in [2.05, 4.69) is 17.0 Å². The molecular formula is C15H20F3NO. The highest BCUT2D eigenvalue weighted by Crippen LogP contribution is 2.34. The molecule has 0 spiro atoms. The Bertz CT molecular complexity index is 429. The molecule has 5 heteroatoms. The number of halogens is 3. The molecule has 2 rings (SSSR count). The molecule has 0 bridgehead atoms. The van der Waals surface area contributed by atoms with Crippen LogP contribution in [0.4, 0.5) is 13.2 Å². The second-order valence-electron chi connectivity index (χ2n) is 5.32. The van der Waals surface area contributed by atoms with Crippen LogP contribution in [-0.4, -0.2) is 12.4 Å². The molecule has 1 aromatic carbocycles. The lowest BCUT2D eigenvalue weighted by molar-refractivity contribution is -0.274. The monoisotopic (exact) mass is 287 g/mol. The zero-order chi connectivity index (χ0) is 14.6. The van der Waals surface area contributed by atoms with Crippen LogP contribution in [0.25, 0.3) is 0 Å². The zero-order valence-corrected chi connectivity index (χ0v) is 11.5. The van der Waals surface area contributed by atoms with E-state index in [4.69, 9.17) is 0 Å². The number of hydrogen-bond donors (Lipinski definition) is 1. The summed E-state index contributed by atoms with van der Waals surface area (Å²) in [6.07, 6.45) is 0.0176. The molecule has 1 aliphatic carbocycles. The summed E-state index contributed by atoms with van der Waals surface area (Å²) < 4.78 is 41.0. The number of ether oxygens (including phenoxy) is 1. The summed E-state index contributed by atoms with van der Waals surface area (Å²) >= 11 is 0. The summed E-state index contributed by atoms with van der Waals surface area (Å²) in [5.41, 5.74) is 0.541. The Labute approximate surface area is 117 Å². The smallest absolute Gasteiger partial charge is 0.405 e. The van der Waals surface area contributed by atoms with Crippen LogP contribution in [0.5, 0.6) is 5.75 Å². The van der Waals surface area contributed by atoms with Gasteiger partial charge in [-0.2, -0.15) is 0 Å². The molecule has 0 aromatic heterocycles. The van der Waals surface area contributed by atoms with Gasteiger partial charge in [0.25, 0.3) is 0 Å². The van der Waals surface area contributed by atoms with E-state index in [9.17, 15) is 13.2 Å². The Hall–Kier alpha value is -1.23. The summed E-state index contributed by atoms with van der Waals surface area (Å²) in [4.78, 5) is 0. The summed E-state index contributed by atoms with van der Waals surface area (Å²) in [7, 11) is 0. The first-order chi connectivity index (χ1) is 9.48. The molecule has 1 unspecified atom stereocenters. The molecule has 1 aliphatic rings. The Kier molecular flexibility index (Phi) is 4.91. The third-order valence-corrected chi connectivity index (χ3v) is 3.59. The molecule has 0 radical (unpaired) electrons. The first-order valence-electron chi connectivity index (χ1n) is 7.05. The number of nitrogens with one attached hydrogen (secondary N) is 1. The van der Waals surface area contributed by atoms with Gasteiger partial charge >= 0.3 is 6.36 Å². The third kappa shape index (κ3) is 5.04. The molecule has 1 fully saturated rings. The summed E-state index contributed by atoms with van der Waals surface area (Å²) in [6, 6.07) is 6.65. The lowest BCUT2D eigenvalue weighted by Crippen LogP contribution is -2.29. The molecule has 0 aliphatic heterocycles. The van der Waals surface area contributed by atoms with Crippen molar-refractivity contribution in [3.63, 3.8) is 0 Å². The fraction of sp³-hybridized carbons (Fsp3) is 0.600. The van der Waals surface area contributed by atoms with Crippen LogP contribution < -0.4 is 10.1 Å². The average molecular weight is 287 g/mol.